The van der Waals surface area contributed by atoms with Crippen LogP contribution in [0.25, 0.3) is 0 Å². The van der Waals surface area contributed by atoms with Crippen LogP contribution in [0, 0.1) is 5.92 Å². The zero-order chi connectivity index (χ0) is 14.0. The molecule has 0 bridgehead atoms. The predicted octanol–water partition coefficient (Wildman–Crippen LogP) is 4.77. The summed E-state index contributed by atoms with van der Waals surface area (Å²) in [4.78, 5) is 1.47. The Morgan fingerprint density at radius 1 is 1.15 bits per heavy atom. The minimum Gasteiger partial charge on any atom is -0.309 e. The van der Waals surface area contributed by atoms with Gasteiger partial charge in [-0.3, -0.25) is 0 Å². The molecule has 1 N–H and O–H groups in total. The van der Waals surface area contributed by atoms with Gasteiger partial charge in [0.15, 0.2) is 0 Å². The van der Waals surface area contributed by atoms with Gasteiger partial charge in [0.05, 0.1) is 0 Å². The Bertz CT molecular complexity index is 526. The molecule has 1 fully saturated rings. The second kappa shape index (κ2) is 5.71. The number of hydrogen-bond acceptors (Lipinski definition) is 2. The van der Waals surface area contributed by atoms with Crippen molar-refractivity contribution in [3.8, 4) is 0 Å². The normalized spacial score (nSPS) is 17.1. The van der Waals surface area contributed by atoms with Gasteiger partial charge < -0.3 is 5.32 Å². The lowest BCUT2D eigenvalue weighted by Gasteiger charge is -2.28. The fourth-order valence-corrected chi connectivity index (χ4v) is 3.61. The van der Waals surface area contributed by atoms with Crippen molar-refractivity contribution in [1.29, 1.82) is 0 Å². The molecule has 1 aliphatic carbocycles. The molecule has 1 atom stereocenters. The molecule has 1 saturated carbocycles. The van der Waals surface area contributed by atoms with Gasteiger partial charge in [0.2, 0.25) is 0 Å². The summed E-state index contributed by atoms with van der Waals surface area (Å²) in [5, 5.41) is 6.01. The molecule has 1 nitrogen and oxygen atoms in total. The number of nitrogens with one attached hydrogen (secondary N) is 1. The van der Waals surface area contributed by atoms with Gasteiger partial charge in [-0.2, -0.15) is 0 Å². The van der Waals surface area contributed by atoms with Gasteiger partial charge in [-0.1, -0.05) is 50.2 Å². The monoisotopic (exact) mass is 285 g/mol. The quantitative estimate of drug-likeness (QED) is 0.806. The van der Waals surface area contributed by atoms with Crippen molar-refractivity contribution >= 4 is 11.3 Å². The fourth-order valence-electron chi connectivity index (χ4n) is 2.76. The Morgan fingerprint density at radius 3 is 2.50 bits per heavy atom. The van der Waals surface area contributed by atoms with E-state index in [1.807, 2.05) is 11.3 Å². The molecule has 1 heterocycles. The molecule has 20 heavy (non-hydrogen) atoms. The lowest BCUT2D eigenvalue weighted by molar-refractivity contribution is 0.403. The van der Waals surface area contributed by atoms with E-state index in [4.69, 9.17) is 0 Å². The van der Waals surface area contributed by atoms with Crippen LogP contribution in [-0.2, 0) is 5.41 Å². The Labute approximate surface area is 126 Å². The summed E-state index contributed by atoms with van der Waals surface area (Å²) >= 11 is 1.86. The number of benzene rings is 1. The number of rotatable bonds is 6. The second-order valence-corrected chi connectivity index (χ2v) is 7.42. The zero-order valence-corrected chi connectivity index (χ0v) is 13.1. The third-order valence-corrected chi connectivity index (χ3v) is 5.44. The molecule has 1 aromatic carbocycles. The van der Waals surface area contributed by atoms with E-state index in [1.165, 1.54) is 23.3 Å². The van der Waals surface area contributed by atoms with Crippen LogP contribution in [0.2, 0.25) is 0 Å². The maximum absolute atomic E-state index is 3.83. The van der Waals surface area contributed by atoms with E-state index in [-0.39, 0.29) is 5.41 Å². The van der Waals surface area contributed by atoms with Crippen LogP contribution in [0.15, 0.2) is 47.8 Å². The van der Waals surface area contributed by atoms with E-state index in [9.17, 15) is 0 Å². The molecule has 0 radical (unpaired) electrons. The summed E-state index contributed by atoms with van der Waals surface area (Å²) in [6.07, 6.45) is 2.73. The van der Waals surface area contributed by atoms with Gasteiger partial charge in [-0.25, -0.2) is 0 Å². The standard InChI is InChI=1S/C18H23NS/c1-18(2,16-9-6-12-20-16)13-19-17(15-10-11-15)14-7-4-3-5-8-14/h3-9,12,15,17,19H,10-11,13H2,1-2H3. The summed E-state index contributed by atoms with van der Waals surface area (Å²) in [6, 6.07) is 15.8. The minimum absolute atomic E-state index is 0.204. The average Bonchev–Trinajstić information content (AvgIpc) is 3.12. The van der Waals surface area contributed by atoms with Crippen molar-refractivity contribution in [2.24, 2.45) is 5.92 Å². The van der Waals surface area contributed by atoms with Crippen LogP contribution in [0.1, 0.15) is 43.2 Å². The maximum Gasteiger partial charge on any atom is 0.0349 e. The Balaban J connectivity index is 1.69. The Hall–Kier alpha value is -1.12. The average molecular weight is 285 g/mol. The van der Waals surface area contributed by atoms with Crippen molar-refractivity contribution in [3.05, 3.63) is 58.3 Å². The topological polar surface area (TPSA) is 12.0 Å². The summed E-state index contributed by atoms with van der Waals surface area (Å²) in [7, 11) is 0. The van der Waals surface area contributed by atoms with E-state index in [0.717, 1.165) is 12.5 Å². The zero-order valence-electron chi connectivity index (χ0n) is 12.3. The highest BCUT2D eigenvalue weighted by atomic mass is 32.1. The van der Waals surface area contributed by atoms with Crippen LogP contribution < -0.4 is 5.32 Å². The van der Waals surface area contributed by atoms with E-state index >= 15 is 0 Å². The lowest BCUT2D eigenvalue weighted by atomic mass is 9.90. The van der Waals surface area contributed by atoms with Crippen molar-refractivity contribution in [2.75, 3.05) is 6.54 Å². The summed E-state index contributed by atoms with van der Waals surface area (Å²) < 4.78 is 0. The van der Waals surface area contributed by atoms with E-state index in [0.29, 0.717) is 6.04 Å². The van der Waals surface area contributed by atoms with Crippen molar-refractivity contribution in [1.82, 2.24) is 5.32 Å². The minimum atomic E-state index is 0.204. The first-order chi connectivity index (χ1) is 9.67. The molecule has 1 unspecified atom stereocenters. The highest BCUT2D eigenvalue weighted by Gasteiger charge is 2.33. The molecule has 1 aliphatic rings. The van der Waals surface area contributed by atoms with Gasteiger partial charge in [0.1, 0.15) is 0 Å². The van der Waals surface area contributed by atoms with Crippen LogP contribution >= 0.6 is 11.3 Å². The first-order valence-corrected chi connectivity index (χ1v) is 8.37. The molecular weight excluding hydrogens is 262 g/mol. The largest absolute Gasteiger partial charge is 0.309 e. The molecule has 2 aromatic rings. The number of hydrogen-bond donors (Lipinski definition) is 1. The van der Waals surface area contributed by atoms with Gasteiger partial charge in [-0.05, 0) is 35.8 Å². The SMILES string of the molecule is CC(C)(CNC(c1ccccc1)C1CC1)c1cccs1. The second-order valence-electron chi connectivity index (χ2n) is 6.47. The maximum atomic E-state index is 3.83. The van der Waals surface area contributed by atoms with Crippen LogP contribution in [0.5, 0.6) is 0 Å². The van der Waals surface area contributed by atoms with Crippen molar-refractivity contribution in [2.45, 2.75) is 38.1 Å². The smallest absolute Gasteiger partial charge is 0.0349 e. The van der Waals surface area contributed by atoms with Gasteiger partial charge in [-0.15, -0.1) is 11.3 Å². The van der Waals surface area contributed by atoms with Crippen molar-refractivity contribution < 1.29 is 0 Å². The Kier molecular flexibility index (Phi) is 3.95. The Morgan fingerprint density at radius 2 is 1.90 bits per heavy atom. The van der Waals surface area contributed by atoms with Crippen molar-refractivity contribution in [3.63, 3.8) is 0 Å². The summed E-state index contributed by atoms with van der Waals surface area (Å²) in [6.45, 7) is 5.70. The first kappa shape index (κ1) is 13.8. The molecule has 106 valence electrons. The highest BCUT2D eigenvalue weighted by molar-refractivity contribution is 7.10. The third kappa shape index (κ3) is 3.13. The van der Waals surface area contributed by atoms with Crippen LogP contribution in [0.3, 0.4) is 0 Å². The third-order valence-electron chi connectivity index (χ3n) is 4.20. The molecule has 0 amide bonds. The molecule has 2 heteroatoms. The van der Waals surface area contributed by atoms with Crippen LogP contribution in [0.4, 0.5) is 0 Å². The number of thiophene rings is 1. The van der Waals surface area contributed by atoms with Gasteiger partial charge in [0.25, 0.3) is 0 Å². The molecular formula is C18H23NS. The molecule has 0 saturated heterocycles. The van der Waals surface area contributed by atoms with E-state index in [2.05, 4.69) is 67.0 Å². The van der Waals surface area contributed by atoms with E-state index < -0.39 is 0 Å². The predicted molar refractivity (Wildman–Crippen MR) is 87.3 cm³/mol. The van der Waals surface area contributed by atoms with Gasteiger partial charge >= 0.3 is 0 Å². The fraction of sp³-hybridized carbons (Fsp3) is 0.444. The van der Waals surface area contributed by atoms with Crippen LogP contribution in [-0.4, -0.2) is 6.54 Å². The lowest BCUT2D eigenvalue weighted by Crippen LogP contribution is -2.35. The molecule has 1 aromatic heterocycles. The summed E-state index contributed by atoms with van der Waals surface area (Å²) in [5.41, 5.74) is 1.65. The highest BCUT2D eigenvalue weighted by Crippen LogP contribution is 2.41. The molecule has 0 aliphatic heterocycles. The summed E-state index contributed by atoms with van der Waals surface area (Å²) in [5.74, 6) is 0.830. The first-order valence-electron chi connectivity index (χ1n) is 7.49. The molecule has 0 spiro atoms. The van der Waals surface area contributed by atoms with Gasteiger partial charge in [0, 0.05) is 22.9 Å². The molecule has 3 rings (SSSR count). The van der Waals surface area contributed by atoms with E-state index in [1.54, 1.807) is 0 Å².